The molecule has 8 heteroatoms. The zero-order chi connectivity index (χ0) is 24.5. The topological polar surface area (TPSA) is 59.1 Å². The first-order valence-electron chi connectivity index (χ1n) is 11.7. The van der Waals surface area contributed by atoms with Gasteiger partial charge in [0.1, 0.15) is 11.6 Å². The van der Waals surface area contributed by atoms with Crippen molar-refractivity contribution in [3.8, 4) is 5.75 Å². The Morgan fingerprint density at radius 3 is 2.46 bits per heavy atom. The Hall–Kier alpha value is -3.23. The molecular weight excluding hydrogens is 467 g/mol. The molecule has 2 aromatic carbocycles. The summed E-state index contributed by atoms with van der Waals surface area (Å²) in [4.78, 5) is 30.9. The molecule has 1 aliphatic heterocycles. The van der Waals surface area contributed by atoms with Crippen molar-refractivity contribution in [2.24, 2.45) is 0 Å². The lowest BCUT2D eigenvalue weighted by atomic mass is 10.2. The molecule has 2 amide bonds. The van der Waals surface area contributed by atoms with E-state index in [9.17, 15) is 14.0 Å². The number of ether oxygens (including phenoxy) is 2. The van der Waals surface area contributed by atoms with E-state index in [0.29, 0.717) is 32.0 Å². The van der Waals surface area contributed by atoms with E-state index < -0.39 is 0 Å². The second kappa shape index (κ2) is 12.5. The average molecular weight is 497 g/mol. The van der Waals surface area contributed by atoms with Crippen molar-refractivity contribution >= 4 is 23.2 Å². The summed E-state index contributed by atoms with van der Waals surface area (Å²) in [6.45, 7) is 1.49. The van der Waals surface area contributed by atoms with Crippen LogP contribution in [-0.4, -0.2) is 54.0 Å². The normalized spacial score (nSPS) is 15.1. The van der Waals surface area contributed by atoms with Crippen molar-refractivity contribution in [1.82, 2.24) is 9.80 Å². The summed E-state index contributed by atoms with van der Waals surface area (Å²) < 4.78 is 24.8. The fourth-order valence-corrected chi connectivity index (χ4v) is 4.66. The first-order chi connectivity index (χ1) is 17.1. The summed E-state index contributed by atoms with van der Waals surface area (Å²) in [6.07, 6.45) is 1.70. The van der Waals surface area contributed by atoms with Gasteiger partial charge in [-0.15, -0.1) is 11.3 Å². The predicted octanol–water partition coefficient (Wildman–Crippen LogP) is 4.50. The molecule has 35 heavy (non-hydrogen) atoms. The Morgan fingerprint density at radius 1 is 0.971 bits per heavy atom. The minimum absolute atomic E-state index is 0.0799. The van der Waals surface area contributed by atoms with E-state index in [4.69, 9.17) is 9.47 Å². The highest BCUT2D eigenvalue weighted by Crippen LogP contribution is 2.18. The molecule has 0 N–H and O–H groups in total. The number of carbonyl (C=O) groups is 2. The van der Waals surface area contributed by atoms with Crippen LogP contribution in [0.3, 0.4) is 0 Å². The van der Waals surface area contributed by atoms with Gasteiger partial charge in [0.25, 0.3) is 5.91 Å². The van der Waals surface area contributed by atoms with E-state index in [0.717, 1.165) is 23.3 Å². The summed E-state index contributed by atoms with van der Waals surface area (Å²) in [7, 11) is 0. The Kier molecular flexibility index (Phi) is 8.86. The second-order valence-electron chi connectivity index (χ2n) is 8.47. The third kappa shape index (κ3) is 7.63. The largest absolute Gasteiger partial charge is 0.484 e. The Bertz CT molecular complexity index is 1070. The van der Waals surface area contributed by atoms with Gasteiger partial charge < -0.3 is 19.3 Å². The Morgan fingerprint density at radius 2 is 1.77 bits per heavy atom. The molecule has 1 aromatic heterocycles. The van der Waals surface area contributed by atoms with Crippen molar-refractivity contribution in [2.45, 2.75) is 32.0 Å². The zero-order valence-electron chi connectivity index (χ0n) is 19.5. The summed E-state index contributed by atoms with van der Waals surface area (Å²) in [6, 6.07) is 19.2. The van der Waals surface area contributed by atoms with Gasteiger partial charge in [-0.1, -0.05) is 36.4 Å². The maximum Gasteiger partial charge on any atom is 0.261 e. The lowest BCUT2D eigenvalue weighted by Gasteiger charge is -2.29. The van der Waals surface area contributed by atoms with Gasteiger partial charge in [0.05, 0.1) is 19.2 Å². The van der Waals surface area contributed by atoms with Gasteiger partial charge in [0.15, 0.2) is 6.61 Å². The van der Waals surface area contributed by atoms with Crippen molar-refractivity contribution < 1.29 is 23.5 Å². The van der Waals surface area contributed by atoms with Gasteiger partial charge in [0, 0.05) is 24.6 Å². The lowest BCUT2D eigenvalue weighted by Crippen LogP contribution is -2.46. The molecular formula is C27H29FN2O4S. The van der Waals surface area contributed by atoms with Gasteiger partial charge >= 0.3 is 0 Å². The predicted molar refractivity (Wildman–Crippen MR) is 132 cm³/mol. The lowest BCUT2D eigenvalue weighted by molar-refractivity contribution is -0.143. The summed E-state index contributed by atoms with van der Waals surface area (Å²) in [5, 5.41) is 1.96. The number of thiophene rings is 1. The molecule has 184 valence electrons. The Balaban J connectivity index is 1.46. The van der Waals surface area contributed by atoms with E-state index in [2.05, 4.69) is 0 Å². The summed E-state index contributed by atoms with van der Waals surface area (Å²) >= 11 is 1.56. The van der Waals surface area contributed by atoms with Crippen LogP contribution < -0.4 is 4.74 Å². The highest BCUT2D eigenvalue weighted by atomic mass is 32.1. The zero-order valence-corrected chi connectivity index (χ0v) is 20.3. The van der Waals surface area contributed by atoms with Crippen LogP contribution in [0.15, 0.2) is 72.1 Å². The smallest absolute Gasteiger partial charge is 0.261 e. The third-order valence-electron chi connectivity index (χ3n) is 5.80. The van der Waals surface area contributed by atoms with Crippen molar-refractivity contribution in [1.29, 1.82) is 0 Å². The van der Waals surface area contributed by atoms with Crippen LogP contribution in [0.1, 0.15) is 23.3 Å². The van der Waals surface area contributed by atoms with E-state index >= 15 is 0 Å². The maximum atomic E-state index is 13.5. The number of benzene rings is 2. The first kappa shape index (κ1) is 24.9. The van der Waals surface area contributed by atoms with Crippen LogP contribution >= 0.6 is 11.3 Å². The summed E-state index contributed by atoms with van der Waals surface area (Å²) in [5.41, 5.74) is 0.820. The van der Waals surface area contributed by atoms with E-state index in [-0.39, 0.29) is 36.9 Å². The van der Waals surface area contributed by atoms with Crippen LogP contribution in [0.25, 0.3) is 0 Å². The van der Waals surface area contributed by atoms with Crippen LogP contribution in [0.5, 0.6) is 5.75 Å². The van der Waals surface area contributed by atoms with Crippen LogP contribution in [0.4, 0.5) is 4.39 Å². The quantitative estimate of drug-likeness (QED) is 0.392. The average Bonchev–Trinajstić information content (AvgIpc) is 3.58. The van der Waals surface area contributed by atoms with E-state index in [1.54, 1.807) is 40.5 Å². The minimum atomic E-state index is -0.323. The van der Waals surface area contributed by atoms with Gasteiger partial charge in [-0.25, -0.2) is 4.39 Å². The molecule has 4 rings (SSSR count). The number of hydrogen-bond donors (Lipinski definition) is 0. The van der Waals surface area contributed by atoms with Gasteiger partial charge in [-0.3, -0.25) is 9.59 Å². The molecule has 0 radical (unpaired) electrons. The molecule has 1 fully saturated rings. The number of para-hydroxylation sites is 1. The SMILES string of the molecule is O=C(CN(CC1CCCO1)C(=O)COc1ccccc1)N(Cc1ccc(F)cc1)Cc1cccs1. The maximum absolute atomic E-state index is 13.5. The van der Waals surface area contributed by atoms with Crippen molar-refractivity contribution in [2.75, 3.05) is 26.3 Å². The number of nitrogens with zero attached hydrogens (tertiary/aromatic N) is 2. The van der Waals surface area contributed by atoms with E-state index in [1.165, 1.54) is 17.0 Å². The molecule has 1 aliphatic rings. The van der Waals surface area contributed by atoms with Gasteiger partial charge in [-0.05, 0) is 54.1 Å². The molecule has 2 heterocycles. The van der Waals surface area contributed by atoms with E-state index in [1.807, 2.05) is 35.7 Å². The number of amides is 2. The van der Waals surface area contributed by atoms with Crippen LogP contribution in [0, 0.1) is 5.82 Å². The van der Waals surface area contributed by atoms with Crippen LogP contribution in [-0.2, 0) is 27.4 Å². The minimum Gasteiger partial charge on any atom is -0.484 e. The van der Waals surface area contributed by atoms with Crippen molar-refractivity contribution in [3.63, 3.8) is 0 Å². The van der Waals surface area contributed by atoms with Gasteiger partial charge in [-0.2, -0.15) is 0 Å². The molecule has 0 saturated carbocycles. The fourth-order valence-electron chi connectivity index (χ4n) is 3.94. The highest BCUT2D eigenvalue weighted by Gasteiger charge is 2.27. The summed E-state index contributed by atoms with van der Waals surface area (Å²) in [5.74, 6) is -0.180. The second-order valence-corrected chi connectivity index (χ2v) is 9.50. The number of rotatable bonds is 11. The molecule has 0 spiro atoms. The fraction of sp³-hybridized carbons (Fsp3) is 0.333. The highest BCUT2D eigenvalue weighted by molar-refractivity contribution is 7.09. The molecule has 0 aliphatic carbocycles. The molecule has 6 nitrogen and oxygen atoms in total. The third-order valence-corrected chi connectivity index (χ3v) is 6.66. The Labute approximate surface area is 208 Å². The standard InChI is InChI=1S/C27H29FN2O4S/c28-22-12-10-21(11-13-22)16-29(18-25-9-5-15-35-25)26(31)19-30(17-24-8-4-14-33-24)27(32)20-34-23-6-2-1-3-7-23/h1-3,5-7,9-13,15,24H,4,8,14,16-20H2. The number of hydrogen-bond acceptors (Lipinski definition) is 5. The molecule has 1 saturated heterocycles. The molecule has 1 atom stereocenters. The number of carbonyl (C=O) groups excluding carboxylic acids is 2. The molecule has 3 aromatic rings. The molecule has 0 bridgehead atoms. The van der Waals surface area contributed by atoms with Crippen molar-refractivity contribution in [3.05, 3.63) is 88.4 Å². The number of halogens is 1. The molecule has 1 unspecified atom stereocenters. The van der Waals surface area contributed by atoms with Crippen LogP contribution in [0.2, 0.25) is 0 Å². The first-order valence-corrected chi connectivity index (χ1v) is 12.6. The monoisotopic (exact) mass is 496 g/mol. The van der Waals surface area contributed by atoms with Gasteiger partial charge in [0.2, 0.25) is 5.91 Å².